The van der Waals surface area contributed by atoms with Gasteiger partial charge in [-0.25, -0.2) is 4.79 Å². The van der Waals surface area contributed by atoms with Gasteiger partial charge in [0.15, 0.2) is 5.78 Å². The molecule has 1 atom stereocenters. The van der Waals surface area contributed by atoms with Gasteiger partial charge in [-0.2, -0.15) is 0 Å². The van der Waals surface area contributed by atoms with Gasteiger partial charge in [0.2, 0.25) is 0 Å². The van der Waals surface area contributed by atoms with Crippen LogP contribution >= 0.6 is 0 Å². The highest BCUT2D eigenvalue weighted by atomic mass is 16.5. The molecule has 0 aliphatic heterocycles. The smallest absolute Gasteiger partial charge is 0.328 e. The summed E-state index contributed by atoms with van der Waals surface area (Å²) in [6.45, 7) is 2.33. The van der Waals surface area contributed by atoms with Crippen molar-refractivity contribution in [1.29, 1.82) is 0 Å². The van der Waals surface area contributed by atoms with E-state index in [2.05, 4.69) is 58.7 Å². The summed E-state index contributed by atoms with van der Waals surface area (Å²) in [5, 5.41) is 3.28. The van der Waals surface area contributed by atoms with Crippen LogP contribution < -0.4 is 15.0 Å². The Morgan fingerprint density at radius 2 is 1.48 bits per heavy atom. The SMILES string of the molecule is COC(=O)[C@H](Cc1ccc(OCCCN(Cc2ccccc2)c2ccc3c(c2)CCC3)cc1)Nc1ccccc1C(=O)c1ccccc1. The Morgan fingerprint density at radius 1 is 0.771 bits per heavy atom. The molecule has 0 bridgehead atoms. The summed E-state index contributed by atoms with van der Waals surface area (Å²) >= 11 is 0. The lowest BCUT2D eigenvalue weighted by Gasteiger charge is -2.26. The van der Waals surface area contributed by atoms with Gasteiger partial charge in [0.25, 0.3) is 0 Å². The van der Waals surface area contributed by atoms with Gasteiger partial charge in [-0.15, -0.1) is 0 Å². The number of para-hydroxylation sites is 1. The van der Waals surface area contributed by atoms with Crippen molar-refractivity contribution in [2.75, 3.05) is 30.5 Å². The van der Waals surface area contributed by atoms with Crippen LogP contribution in [0.3, 0.4) is 0 Å². The number of hydrogen-bond acceptors (Lipinski definition) is 6. The zero-order valence-corrected chi connectivity index (χ0v) is 27.4. The number of nitrogens with zero attached hydrogens (tertiary/aromatic N) is 1. The molecule has 0 heterocycles. The van der Waals surface area contributed by atoms with Crippen molar-refractivity contribution in [3.63, 3.8) is 0 Å². The Balaban J connectivity index is 1.06. The molecule has 244 valence electrons. The molecule has 0 amide bonds. The molecule has 5 aromatic carbocycles. The molecule has 0 unspecified atom stereocenters. The number of ether oxygens (including phenoxy) is 2. The maximum absolute atomic E-state index is 13.3. The molecule has 5 aromatic rings. The van der Waals surface area contributed by atoms with Crippen molar-refractivity contribution in [1.82, 2.24) is 0 Å². The van der Waals surface area contributed by atoms with Crippen LogP contribution in [-0.2, 0) is 35.3 Å². The minimum atomic E-state index is -0.679. The molecule has 0 saturated carbocycles. The number of carbonyl (C=O) groups excluding carboxylic acids is 2. The van der Waals surface area contributed by atoms with Gasteiger partial charge in [0.05, 0.1) is 13.7 Å². The summed E-state index contributed by atoms with van der Waals surface area (Å²) in [6, 6.07) is 41.1. The molecule has 6 nitrogen and oxygen atoms in total. The number of methoxy groups -OCH3 is 1. The van der Waals surface area contributed by atoms with Crippen molar-refractivity contribution in [2.24, 2.45) is 0 Å². The third-order valence-electron chi connectivity index (χ3n) is 8.89. The predicted molar refractivity (Wildman–Crippen MR) is 192 cm³/mol. The van der Waals surface area contributed by atoms with Gasteiger partial charge in [0.1, 0.15) is 11.8 Å². The number of rotatable bonds is 15. The largest absolute Gasteiger partial charge is 0.494 e. The summed E-state index contributed by atoms with van der Waals surface area (Å²) in [5.74, 6) is 0.271. The normalized spacial score (nSPS) is 12.5. The van der Waals surface area contributed by atoms with E-state index in [0.717, 1.165) is 30.8 Å². The highest BCUT2D eigenvalue weighted by Gasteiger charge is 2.23. The lowest BCUT2D eigenvalue weighted by atomic mass is 10.00. The highest BCUT2D eigenvalue weighted by Crippen LogP contribution is 2.28. The molecule has 48 heavy (non-hydrogen) atoms. The van der Waals surface area contributed by atoms with E-state index in [1.165, 1.54) is 48.8 Å². The molecular weight excluding hydrogens is 596 g/mol. The standard InChI is InChI=1S/C42H42N2O4/c1-47-42(46)40(43-39-19-9-8-18-38(39)41(45)34-14-6-3-7-15-34)28-31-20-24-37(25-21-31)48-27-11-26-44(30-32-12-4-2-5-13-32)36-23-22-33-16-10-17-35(33)29-36/h2-9,12-15,18-25,29,40,43H,10-11,16-17,26-28,30H2,1H3/t40-/m0/s1. The van der Waals surface area contributed by atoms with Crippen molar-refractivity contribution in [2.45, 2.75) is 44.7 Å². The minimum absolute atomic E-state index is 0.112. The third kappa shape index (κ3) is 8.31. The zero-order valence-electron chi connectivity index (χ0n) is 27.4. The molecule has 1 N–H and O–H groups in total. The maximum atomic E-state index is 13.3. The Kier molecular flexibility index (Phi) is 10.8. The van der Waals surface area contributed by atoms with Gasteiger partial charge in [-0.05, 0) is 84.3 Å². The summed E-state index contributed by atoms with van der Waals surface area (Å²) in [7, 11) is 1.38. The maximum Gasteiger partial charge on any atom is 0.328 e. The zero-order chi connectivity index (χ0) is 33.1. The Hall–Kier alpha value is -5.36. The van der Waals surface area contributed by atoms with E-state index in [1.807, 2.05) is 60.7 Å². The minimum Gasteiger partial charge on any atom is -0.494 e. The van der Waals surface area contributed by atoms with E-state index in [9.17, 15) is 9.59 Å². The van der Waals surface area contributed by atoms with E-state index in [0.29, 0.717) is 29.8 Å². The van der Waals surface area contributed by atoms with Crippen LogP contribution in [-0.4, -0.2) is 38.1 Å². The average Bonchev–Trinajstić information content (AvgIpc) is 3.62. The fraction of sp³-hybridized carbons (Fsp3) is 0.238. The first-order valence-corrected chi connectivity index (χ1v) is 16.7. The number of hydrogen-bond donors (Lipinski definition) is 1. The van der Waals surface area contributed by atoms with Gasteiger partial charge >= 0.3 is 5.97 Å². The molecule has 0 saturated heterocycles. The number of carbonyl (C=O) groups is 2. The number of anilines is 2. The van der Waals surface area contributed by atoms with E-state index >= 15 is 0 Å². The summed E-state index contributed by atoms with van der Waals surface area (Å²) in [4.78, 5) is 28.5. The van der Waals surface area contributed by atoms with Crippen molar-refractivity contribution < 1.29 is 19.1 Å². The number of nitrogens with one attached hydrogen (secondary N) is 1. The fourth-order valence-corrected chi connectivity index (χ4v) is 6.34. The molecule has 0 fully saturated rings. The first-order valence-electron chi connectivity index (χ1n) is 16.7. The number of ketones is 1. The number of esters is 1. The summed E-state index contributed by atoms with van der Waals surface area (Å²) < 4.78 is 11.3. The topological polar surface area (TPSA) is 67.9 Å². The second kappa shape index (κ2) is 16.0. The van der Waals surface area contributed by atoms with Gasteiger partial charge in [-0.1, -0.05) is 91.0 Å². The van der Waals surface area contributed by atoms with Crippen molar-refractivity contribution in [3.8, 4) is 5.75 Å². The lowest BCUT2D eigenvalue weighted by Crippen LogP contribution is -2.33. The summed E-state index contributed by atoms with van der Waals surface area (Å²) in [5.41, 5.74) is 8.15. The van der Waals surface area contributed by atoms with Gasteiger partial charge < -0.3 is 19.7 Å². The summed E-state index contributed by atoms with van der Waals surface area (Å²) in [6.07, 6.45) is 4.86. The van der Waals surface area contributed by atoms with Crippen LogP contribution in [0.1, 0.15) is 51.0 Å². The predicted octanol–water partition coefficient (Wildman–Crippen LogP) is 8.08. The highest BCUT2D eigenvalue weighted by molar-refractivity contribution is 6.12. The first kappa shape index (κ1) is 32.6. The van der Waals surface area contributed by atoms with Crippen LogP contribution in [0.15, 0.2) is 127 Å². The Morgan fingerprint density at radius 3 is 2.25 bits per heavy atom. The van der Waals surface area contributed by atoms with Crippen molar-refractivity contribution >= 4 is 23.1 Å². The lowest BCUT2D eigenvalue weighted by molar-refractivity contribution is -0.141. The molecule has 0 radical (unpaired) electrons. The van der Waals surface area contributed by atoms with Crippen LogP contribution in [0.5, 0.6) is 5.75 Å². The number of aryl methyl sites for hydroxylation is 2. The second-order valence-corrected chi connectivity index (χ2v) is 12.2. The Bertz CT molecular complexity index is 1810. The van der Waals surface area contributed by atoms with Crippen LogP contribution in [0, 0.1) is 0 Å². The average molecular weight is 639 g/mol. The molecule has 6 heteroatoms. The van der Waals surface area contributed by atoms with Gasteiger partial charge in [0, 0.05) is 42.0 Å². The molecule has 0 spiro atoms. The molecule has 6 rings (SSSR count). The Labute approximate surface area is 283 Å². The first-order chi connectivity index (χ1) is 23.6. The second-order valence-electron chi connectivity index (χ2n) is 12.2. The number of benzene rings is 5. The third-order valence-corrected chi connectivity index (χ3v) is 8.89. The monoisotopic (exact) mass is 638 g/mol. The van der Waals surface area contributed by atoms with E-state index in [1.54, 1.807) is 18.2 Å². The molecular formula is C42H42N2O4. The van der Waals surface area contributed by atoms with E-state index in [-0.39, 0.29) is 5.78 Å². The van der Waals surface area contributed by atoms with Crippen LogP contribution in [0.2, 0.25) is 0 Å². The number of fused-ring (bicyclic) bond motifs is 1. The molecule has 1 aliphatic carbocycles. The fourth-order valence-electron chi connectivity index (χ4n) is 6.34. The van der Waals surface area contributed by atoms with Crippen LogP contribution in [0.25, 0.3) is 0 Å². The molecule has 1 aliphatic rings. The van der Waals surface area contributed by atoms with Crippen LogP contribution in [0.4, 0.5) is 11.4 Å². The van der Waals surface area contributed by atoms with Crippen molar-refractivity contribution in [3.05, 3.63) is 161 Å². The van der Waals surface area contributed by atoms with E-state index < -0.39 is 12.0 Å². The van der Waals surface area contributed by atoms with Gasteiger partial charge in [-0.3, -0.25) is 4.79 Å². The molecule has 0 aromatic heterocycles. The van der Waals surface area contributed by atoms with E-state index in [4.69, 9.17) is 9.47 Å². The quantitative estimate of drug-likeness (QED) is 0.0711.